The summed E-state index contributed by atoms with van der Waals surface area (Å²) in [7, 11) is 0. The van der Waals surface area contributed by atoms with Gasteiger partial charge in [0.25, 0.3) is 0 Å². The maximum Gasteiger partial charge on any atom is 0.335 e. The van der Waals surface area contributed by atoms with Crippen molar-refractivity contribution >= 4 is 23.9 Å². The van der Waals surface area contributed by atoms with E-state index in [0.29, 0.717) is 0 Å². The van der Waals surface area contributed by atoms with Crippen molar-refractivity contribution in [2.75, 3.05) is 0 Å². The third-order valence-corrected chi connectivity index (χ3v) is 5.71. The fourth-order valence-electron chi connectivity index (χ4n) is 3.82. The zero-order valence-electron chi connectivity index (χ0n) is 18.5. The van der Waals surface area contributed by atoms with E-state index in [4.69, 9.17) is 20.4 Å². The van der Waals surface area contributed by atoms with Crippen molar-refractivity contribution in [1.82, 2.24) is 0 Å². The SMILES string of the molecule is O=C(O)c1ccc(-c2ccc(C(=O)O)cc2)cc1.O=C(O)c1ccc2c(c1)-c1cc(C(=O)O)ccc1-2. The molecule has 178 valence electrons. The number of benzene rings is 4. The second-order valence-electron chi connectivity index (χ2n) is 7.90. The van der Waals surface area contributed by atoms with Gasteiger partial charge < -0.3 is 20.4 Å². The summed E-state index contributed by atoms with van der Waals surface area (Å²) >= 11 is 0. The zero-order valence-corrected chi connectivity index (χ0v) is 18.5. The monoisotopic (exact) mass is 482 g/mol. The summed E-state index contributed by atoms with van der Waals surface area (Å²) in [5.74, 6) is -3.91. The Hall–Kier alpha value is -5.24. The number of rotatable bonds is 5. The molecule has 0 saturated carbocycles. The van der Waals surface area contributed by atoms with Gasteiger partial charge in [-0.3, -0.25) is 0 Å². The molecule has 0 unspecified atom stereocenters. The fraction of sp³-hybridized carbons (Fsp3) is 0. The van der Waals surface area contributed by atoms with Crippen LogP contribution in [0.3, 0.4) is 0 Å². The first-order valence-electron chi connectivity index (χ1n) is 10.6. The molecule has 4 aromatic rings. The maximum absolute atomic E-state index is 10.9. The first-order valence-corrected chi connectivity index (χ1v) is 10.6. The van der Waals surface area contributed by atoms with Gasteiger partial charge in [-0.1, -0.05) is 36.4 Å². The lowest BCUT2D eigenvalue weighted by Gasteiger charge is -2.24. The van der Waals surface area contributed by atoms with Crippen molar-refractivity contribution in [3.05, 3.63) is 107 Å². The molecule has 0 aromatic heterocycles. The van der Waals surface area contributed by atoms with Crippen LogP contribution in [0.5, 0.6) is 0 Å². The molecule has 0 atom stereocenters. The van der Waals surface area contributed by atoms with Gasteiger partial charge in [-0.25, -0.2) is 19.2 Å². The largest absolute Gasteiger partial charge is 0.478 e. The Bertz CT molecular complexity index is 1370. The molecule has 0 heterocycles. The number of fused-ring (bicyclic) bond motifs is 4. The summed E-state index contributed by atoms with van der Waals surface area (Å²) in [6, 6.07) is 22.6. The summed E-state index contributed by atoms with van der Waals surface area (Å²) in [5, 5.41) is 35.4. The number of hydrogen-bond donors (Lipinski definition) is 4. The molecule has 4 aromatic carbocycles. The molecule has 8 nitrogen and oxygen atoms in total. The molecule has 1 aliphatic carbocycles. The summed E-state index contributed by atoms with van der Waals surface area (Å²) in [6.45, 7) is 0. The van der Waals surface area contributed by atoms with Crippen LogP contribution in [0.2, 0.25) is 0 Å². The van der Waals surface area contributed by atoms with Gasteiger partial charge in [0.1, 0.15) is 0 Å². The highest BCUT2D eigenvalue weighted by Gasteiger charge is 2.24. The summed E-state index contributed by atoms with van der Waals surface area (Å²) in [6.07, 6.45) is 0. The van der Waals surface area contributed by atoms with Gasteiger partial charge in [0.15, 0.2) is 0 Å². The van der Waals surface area contributed by atoms with Crippen molar-refractivity contribution in [2.45, 2.75) is 0 Å². The molecule has 0 saturated heterocycles. The van der Waals surface area contributed by atoms with Crippen molar-refractivity contribution < 1.29 is 39.6 Å². The predicted octanol–water partition coefficient (Wildman–Crippen LogP) is 5.48. The lowest BCUT2D eigenvalue weighted by atomic mass is 9.79. The van der Waals surface area contributed by atoms with Gasteiger partial charge in [0.05, 0.1) is 22.3 Å². The number of carboxylic acids is 4. The molecule has 1 aliphatic rings. The fourth-order valence-corrected chi connectivity index (χ4v) is 3.82. The van der Waals surface area contributed by atoms with Gasteiger partial charge in [-0.05, 0) is 81.9 Å². The van der Waals surface area contributed by atoms with Gasteiger partial charge in [-0.2, -0.15) is 0 Å². The Kier molecular flexibility index (Phi) is 6.34. The van der Waals surface area contributed by atoms with Gasteiger partial charge in [0, 0.05) is 0 Å². The van der Waals surface area contributed by atoms with Gasteiger partial charge in [-0.15, -0.1) is 0 Å². The summed E-state index contributed by atoms with van der Waals surface area (Å²) < 4.78 is 0. The van der Waals surface area contributed by atoms with E-state index >= 15 is 0 Å². The first kappa shape index (κ1) is 23.9. The van der Waals surface area contributed by atoms with Crippen LogP contribution in [-0.2, 0) is 0 Å². The third-order valence-electron chi connectivity index (χ3n) is 5.71. The average Bonchev–Trinajstić information content (AvgIpc) is 2.87. The molecular weight excluding hydrogens is 464 g/mol. The number of hydrogen-bond acceptors (Lipinski definition) is 4. The van der Waals surface area contributed by atoms with Crippen LogP contribution in [-0.4, -0.2) is 44.3 Å². The molecule has 5 rings (SSSR count). The Morgan fingerprint density at radius 3 is 0.917 bits per heavy atom. The second-order valence-corrected chi connectivity index (χ2v) is 7.90. The van der Waals surface area contributed by atoms with E-state index < -0.39 is 23.9 Å². The van der Waals surface area contributed by atoms with Crippen molar-refractivity contribution in [3.63, 3.8) is 0 Å². The van der Waals surface area contributed by atoms with E-state index in [1.165, 1.54) is 24.3 Å². The summed E-state index contributed by atoms with van der Waals surface area (Å²) in [5.41, 5.74) is 6.08. The van der Waals surface area contributed by atoms with Crippen molar-refractivity contribution in [1.29, 1.82) is 0 Å². The van der Waals surface area contributed by atoms with Gasteiger partial charge >= 0.3 is 23.9 Å². The highest BCUT2D eigenvalue weighted by atomic mass is 16.4. The van der Waals surface area contributed by atoms with E-state index in [9.17, 15) is 19.2 Å². The topological polar surface area (TPSA) is 149 Å². The maximum atomic E-state index is 10.9. The van der Waals surface area contributed by atoms with E-state index in [0.717, 1.165) is 33.4 Å². The third kappa shape index (κ3) is 4.69. The van der Waals surface area contributed by atoms with Crippen LogP contribution in [0.15, 0.2) is 84.9 Å². The minimum Gasteiger partial charge on any atom is -0.478 e. The predicted molar refractivity (Wildman–Crippen MR) is 131 cm³/mol. The molecule has 0 radical (unpaired) electrons. The van der Waals surface area contributed by atoms with Crippen LogP contribution < -0.4 is 0 Å². The molecule has 0 fully saturated rings. The molecule has 0 spiro atoms. The van der Waals surface area contributed by atoms with E-state index in [-0.39, 0.29) is 22.3 Å². The normalized spacial score (nSPS) is 10.6. The molecular formula is C28H18O8. The van der Waals surface area contributed by atoms with Crippen molar-refractivity contribution in [2.24, 2.45) is 0 Å². The van der Waals surface area contributed by atoms with Crippen LogP contribution in [0.1, 0.15) is 41.4 Å². The van der Waals surface area contributed by atoms with Crippen LogP contribution in [0, 0.1) is 0 Å². The molecule has 0 amide bonds. The number of carbonyl (C=O) groups is 4. The first-order chi connectivity index (χ1) is 17.2. The van der Waals surface area contributed by atoms with Gasteiger partial charge in [0.2, 0.25) is 0 Å². The zero-order chi connectivity index (χ0) is 26.0. The molecule has 4 N–H and O–H groups in total. The lowest BCUT2D eigenvalue weighted by Crippen LogP contribution is -2.05. The van der Waals surface area contributed by atoms with Crippen molar-refractivity contribution in [3.8, 4) is 33.4 Å². The number of aromatic carboxylic acids is 4. The molecule has 8 heteroatoms. The quantitative estimate of drug-likeness (QED) is 0.257. The second kappa shape index (κ2) is 9.55. The summed E-state index contributed by atoms with van der Waals surface area (Å²) in [4.78, 5) is 43.2. The highest BCUT2D eigenvalue weighted by Crippen LogP contribution is 2.47. The Morgan fingerprint density at radius 1 is 0.361 bits per heavy atom. The van der Waals surface area contributed by atoms with E-state index in [1.807, 2.05) is 0 Å². The highest BCUT2D eigenvalue weighted by molar-refractivity contribution is 6.06. The Balaban J connectivity index is 0.000000169. The van der Waals surface area contributed by atoms with E-state index in [1.54, 1.807) is 60.7 Å². The minimum absolute atomic E-state index is 0.208. The Morgan fingerprint density at radius 2 is 0.639 bits per heavy atom. The van der Waals surface area contributed by atoms with Crippen LogP contribution in [0.4, 0.5) is 0 Å². The number of carboxylic acid groups (broad SMARTS) is 4. The van der Waals surface area contributed by atoms with Crippen LogP contribution in [0.25, 0.3) is 33.4 Å². The lowest BCUT2D eigenvalue weighted by molar-refractivity contribution is 0.0686. The smallest absolute Gasteiger partial charge is 0.335 e. The molecule has 0 aliphatic heterocycles. The average molecular weight is 482 g/mol. The van der Waals surface area contributed by atoms with E-state index in [2.05, 4.69) is 0 Å². The molecule has 0 bridgehead atoms. The standard InChI is InChI=1S/C14H8O4.C14H10O4/c15-13(16)7-1-3-9-10-4-2-8(14(17)18)6-12(10)11(9)5-7;15-13(16)11-5-1-9(2-6-11)10-3-7-12(8-4-10)14(17)18/h1-6H,(H,15,16)(H,17,18);1-8H,(H,15,16)(H,17,18). The Labute approximate surface area is 204 Å². The van der Waals surface area contributed by atoms with Crippen LogP contribution >= 0.6 is 0 Å². The minimum atomic E-state index is -0.986. The molecule has 36 heavy (non-hydrogen) atoms.